The molecule has 0 amide bonds. The van der Waals surface area contributed by atoms with Gasteiger partial charge in [0.1, 0.15) is 0 Å². The summed E-state index contributed by atoms with van der Waals surface area (Å²) in [6.45, 7) is 4.00. The zero-order valence-corrected chi connectivity index (χ0v) is 6.21. The maximum absolute atomic E-state index is 2.50. The van der Waals surface area contributed by atoms with E-state index in [1.54, 1.807) is 0 Å². The molecule has 8 heavy (non-hydrogen) atoms. The standard InChI is InChI=1S/C6H13NS/c1-8-6-5-7-3-2-4-7/h2-6H2,1H3. The predicted molar refractivity (Wildman–Crippen MR) is 39.4 cm³/mol. The molecule has 0 aliphatic carbocycles. The van der Waals surface area contributed by atoms with E-state index in [1.807, 2.05) is 11.8 Å². The van der Waals surface area contributed by atoms with Crippen LogP contribution in [-0.2, 0) is 0 Å². The molecule has 2 heteroatoms. The summed E-state index contributed by atoms with van der Waals surface area (Å²) in [4.78, 5) is 2.50. The molecule has 48 valence electrons. The molecule has 1 heterocycles. The van der Waals surface area contributed by atoms with Crippen LogP contribution < -0.4 is 0 Å². The summed E-state index contributed by atoms with van der Waals surface area (Å²) < 4.78 is 0. The summed E-state index contributed by atoms with van der Waals surface area (Å²) in [6.07, 6.45) is 3.59. The molecule has 0 saturated carbocycles. The van der Waals surface area contributed by atoms with Crippen molar-refractivity contribution < 1.29 is 0 Å². The fraction of sp³-hybridized carbons (Fsp3) is 1.00. The maximum Gasteiger partial charge on any atom is 0.00723 e. The predicted octanol–water partition coefficient (Wildman–Crippen LogP) is 1.06. The minimum Gasteiger partial charge on any atom is -0.302 e. The van der Waals surface area contributed by atoms with Crippen molar-refractivity contribution in [3.63, 3.8) is 0 Å². The molecule has 0 unspecified atom stereocenters. The molecule has 1 aliphatic rings. The van der Waals surface area contributed by atoms with Crippen LogP contribution in [0.4, 0.5) is 0 Å². The third kappa shape index (κ3) is 1.67. The van der Waals surface area contributed by atoms with Gasteiger partial charge in [-0.15, -0.1) is 0 Å². The van der Waals surface area contributed by atoms with E-state index in [2.05, 4.69) is 11.2 Å². The van der Waals surface area contributed by atoms with E-state index in [0.717, 1.165) is 0 Å². The van der Waals surface area contributed by atoms with Gasteiger partial charge in [-0.05, 0) is 25.8 Å². The van der Waals surface area contributed by atoms with Gasteiger partial charge in [0, 0.05) is 12.3 Å². The lowest BCUT2D eigenvalue weighted by Crippen LogP contribution is -2.38. The average Bonchev–Trinajstić information content (AvgIpc) is 1.63. The third-order valence-electron chi connectivity index (χ3n) is 1.56. The van der Waals surface area contributed by atoms with E-state index >= 15 is 0 Å². The number of nitrogens with zero attached hydrogens (tertiary/aromatic N) is 1. The SMILES string of the molecule is CSCCN1CCC1. The van der Waals surface area contributed by atoms with Gasteiger partial charge in [-0.25, -0.2) is 0 Å². The van der Waals surface area contributed by atoms with Crippen molar-refractivity contribution in [1.29, 1.82) is 0 Å². The lowest BCUT2D eigenvalue weighted by molar-refractivity contribution is 0.194. The van der Waals surface area contributed by atoms with Crippen LogP contribution in [0.3, 0.4) is 0 Å². The first-order valence-corrected chi connectivity index (χ1v) is 4.54. The summed E-state index contributed by atoms with van der Waals surface area (Å²) in [5.74, 6) is 1.31. The summed E-state index contributed by atoms with van der Waals surface area (Å²) >= 11 is 1.94. The Labute approximate surface area is 55.4 Å². The second-order valence-electron chi connectivity index (χ2n) is 2.19. The summed E-state index contributed by atoms with van der Waals surface area (Å²) in [7, 11) is 0. The highest BCUT2D eigenvalue weighted by Crippen LogP contribution is 2.05. The van der Waals surface area contributed by atoms with Crippen molar-refractivity contribution in [1.82, 2.24) is 4.90 Å². The monoisotopic (exact) mass is 131 g/mol. The van der Waals surface area contributed by atoms with Crippen molar-refractivity contribution in [3.8, 4) is 0 Å². The highest BCUT2D eigenvalue weighted by atomic mass is 32.2. The van der Waals surface area contributed by atoms with Crippen LogP contribution in [0.5, 0.6) is 0 Å². The Morgan fingerprint density at radius 2 is 2.25 bits per heavy atom. The van der Waals surface area contributed by atoms with Crippen LogP contribution in [0.15, 0.2) is 0 Å². The fourth-order valence-electron chi connectivity index (χ4n) is 0.826. The van der Waals surface area contributed by atoms with Gasteiger partial charge < -0.3 is 4.90 Å². The van der Waals surface area contributed by atoms with Gasteiger partial charge in [0.15, 0.2) is 0 Å². The van der Waals surface area contributed by atoms with Gasteiger partial charge in [0.2, 0.25) is 0 Å². The van der Waals surface area contributed by atoms with Gasteiger partial charge in [0.05, 0.1) is 0 Å². The van der Waals surface area contributed by atoms with Crippen molar-refractivity contribution in [2.75, 3.05) is 31.6 Å². The number of hydrogen-bond acceptors (Lipinski definition) is 2. The Morgan fingerprint density at radius 3 is 2.62 bits per heavy atom. The van der Waals surface area contributed by atoms with E-state index < -0.39 is 0 Å². The molecule has 0 aromatic heterocycles. The highest BCUT2D eigenvalue weighted by Gasteiger charge is 2.11. The van der Waals surface area contributed by atoms with Gasteiger partial charge in [-0.2, -0.15) is 11.8 Å². The molecule has 0 N–H and O–H groups in total. The molecular weight excluding hydrogens is 118 g/mol. The van der Waals surface area contributed by atoms with Crippen molar-refractivity contribution in [2.45, 2.75) is 6.42 Å². The fourth-order valence-corrected chi connectivity index (χ4v) is 1.27. The first-order chi connectivity index (χ1) is 3.93. The van der Waals surface area contributed by atoms with Gasteiger partial charge in [-0.3, -0.25) is 0 Å². The lowest BCUT2D eigenvalue weighted by Gasteiger charge is -2.30. The first kappa shape index (κ1) is 6.43. The minimum absolute atomic E-state index is 1.31. The van der Waals surface area contributed by atoms with Crippen LogP contribution in [0.2, 0.25) is 0 Å². The van der Waals surface area contributed by atoms with E-state index in [1.165, 1.54) is 31.8 Å². The number of likely N-dealkylation sites (tertiary alicyclic amines) is 1. The molecule has 0 aromatic rings. The smallest absolute Gasteiger partial charge is 0.00723 e. The quantitative estimate of drug-likeness (QED) is 0.563. The highest BCUT2D eigenvalue weighted by molar-refractivity contribution is 7.98. The first-order valence-electron chi connectivity index (χ1n) is 3.15. The Balaban J connectivity index is 1.86. The molecule has 1 aliphatic heterocycles. The lowest BCUT2D eigenvalue weighted by atomic mass is 10.2. The largest absolute Gasteiger partial charge is 0.302 e. The second kappa shape index (κ2) is 3.36. The molecule has 1 rings (SSSR count). The van der Waals surface area contributed by atoms with E-state index in [-0.39, 0.29) is 0 Å². The van der Waals surface area contributed by atoms with Crippen LogP contribution in [0.25, 0.3) is 0 Å². The average molecular weight is 131 g/mol. The molecule has 0 spiro atoms. The number of rotatable bonds is 3. The molecule has 0 aromatic carbocycles. The van der Waals surface area contributed by atoms with Crippen molar-refractivity contribution in [2.24, 2.45) is 0 Å². The zero-order valence-electron chi connectivity index (χ0n) is 5.39. The Morgan fingerprint density at radius 1 is 1.50 bits per heavy atom. The molecule has 0 radical (unpaired) electrons. The summed E-state index contributed by atoms with van der Waals surface area (Å²) in [5, 5.41) is 0. The maximum atomic E-state index is 2.50. The van der Waals surface area contributed by atoms with Crippen molar-refractivity contribution >= 4 is 11.8 Å². The Kier molecular flexibility index (Phi) is 2.70. The molecule has 1 nitrogen and oxygen atoms in total. The molecule has 1 saturated heterocycles. The molecule has 0 atom stereocenters. The van der Waals surface area contributed by atoms with Crippen molar-refractivity contribution in [3.05, 3.63) is 0 Å². The Bertz CT molecular complexity index is 61.5. The van der Waals surface area contributed by atoms with Crippen LogP contribution >= 0.6 is 11.8 Å². The third-order valence-corrected chi connectivity index (χ3v) is 2.15. The number of thioether (sulfide) groups is 1. The summed E-state index contributed by atoms with van der Waals surface area (Å²) in [5.41, 5.74) is 0. The van der Waals surface area contributed by atoms with Crippen LogP contribution in [0, 0.1) is 0 Å². The molecular formula is C6H13NS. The molecule has 1 fully saturated rings. The van der Waals surface area contributed by atoms with Crippen LogP contribution in [-0.4, -0.2) is 36.5 Å². The summed E-state index contributed by atoms with van der Waals surface area (Å²) in [6, 6.07) is 0. The minimum atomic E-state index is 1.31. The van der Waals surface area contributed by atoms with E-state index in [9.17, 15) is 0 Å². The van der Waals surface area contributed by atoms with Gasteiger partial charge >= 0.3 is 0 Å². The molecule has 0 bridgehead atoms. The zero-order chi connectivity index (χ0) is 5.82. The number of hydrogen-bond donors (Lipinski definition) is 0. The second-order valence-corrected chi connectivity index (χ2v) is 3.17. The normalized spacial score (nSPS) is 20.6. The Hall–Kier alpha value is 0.310. The van der Waals surface area contributed by atoms with E-state index in [0.29, 0.717) is 0 Å². The van der Waals surface area contributed by atoms with Gasteiger partial charge in [-0.1, -0.05) is 0 Å². The van der Waals surface area contributed by atoms with E-state index in [4.69, 9.17) is 0 Å². The van der Waals surface area contributed by atoms with Gasteiger partial charge in [0.25, 0.3) is 0 Å². The van der Waals surface area contributed by atoms with Crippen LogP contribution in [0.1, 0.15) is 6.42 Å². The topological polar surface area (TPSA) is 3.24 Å².